The Labute approximate surface area is 155 Å². The first-order chi connectivity index (χ1) is 13.1. The molecule has 1 amide bonds. The summed E-state index contributed by atoms with van der Waals surface area (Å²) >= 11 is 0. The number of hydrogen-bond donors (Lipinski definition) is 1. The van der Waals surface area contributed by atoms with E-state index in [1.54, 1.807) is 24.4 Å². The number of nitrogens with zero attached hydrogens (tertiary/aromatic N) is 1. The van der Waals surface area contributed by atoms with Crippen molar-refractivity contribution in [3.63, 3.8) is 0 Å². The Morgan fingerprint density at radius 2 is 1.89 bits per heavy atom. The lowest BCUT2D eigenvalue weighted by Crippen LogP contribution is -2.23. The van der Waals surface area contributed by atoms with Crippen LogP contribution in [0.15, 0.2) is 66.9 Å². The summed E-state index contributed by atoms with van der Waals surface area (Å²) in [4.78, 5) is 16.3. The highest BCUT2D eigenvalue weighted by Crippen LogP contribution is 2.17. The molecular weight excluding hydrogens is 350 g/mol. The highest BCUT2D eigenvalue weighted by atomic mass is 19.3. The third-order valence-corrected chi connectivity index (χ3v) is 3.94. The zero-order chi connectivity index (χ0) is 19.1. The number of fused-ring (bicyclic) bond motifs is 1. The lowest BCUT2D eigenvalue weighted by molar-refractivity contribution is -0.116. The van der Waals surface area contributed by atoms with Crippen molar-refractivity contribution in [3.8, 4) is 5.75 Å². The van der Waals surface area contributed by atoms with Crippen LogP contribution in [0.1, 0.15) is 11.1 Å². The van der Waals surface area contributed by atoms with E-state index in [1.165, 1.54) is 18.2 Å². The fourth-order valence-corrected chi connectivity index (χ4v) is 2.65. The molecule has 0 fully saturated rings. The minimum absolute atomic E-state index is 0.115. The lowest BCUT2D eigenvalue weighted by Gasteiger charge is -2.06. The van der Waals surface area contributed by atoms with Crippen LogP contribution in [-0.2, 0) is 11.2 Å². The molecule has 1 aromatic heterocycles. The Morgan fingerprint density at radius 1 is 1.11 bits per heavy atom. The first-order valence-corrected chi connectivity index (χ1v) is 8.45. The van der Waals surface area contributed by atoms with E-state index in [-0.39, 0.29) is 11.7 Å². The molecule has 0 saturated heterocycles. The SMILES string of the molecule is O=C(/C=C/c1cccc2cccnc12)NCCc1ccc(OC(F)F)cc1. The van der Waals surface area contributed by atoms with E-state index in [9.17, 15) is 13.6 Å². The number of benzene rings is 2. The maximum absolute atomic E-state index is 12.1. The van der Waals surface area contributed by atoms with Crippen molar-refractivity contribution in [1.82, 2.24) is 10.3 Å². The van der Waals surface area contributed by atoms with Crippen LogP contribution in [0.5, 0.6) is 5.75 Å². The molecule has 0 atom stereocenters. The standard InChI is InChI=1S/C21H18F2N2O2/c22-21(23)27-18-9-6-15(7-10-18)12-14-24-19(26)11-8-17-4-1-3-16-5-2-13-25-20(16)17/h1-11,13,21H,12,14H2,(H,24,26)/b11-8+. The second-order valence-corrected chi connectivity index (χ2v) is 5.82. The van der Waals surface area contributed by atoms with E-state index in [2.05, 4.69) is 15.0 Å². The van der Waals surface area contributed by atoms with Crippen LogP contribution in [0.25, 0.3) is 17.0 Å². The largest absolute Gasteiger partial charge is 0.435 e. The third kappa shape index (κ3) is 5.34. The fraction of sp³-hybridized carbons (Fsp3) is 0.143. The Balaban J connectivity index is 1.51. The Bertz CT molecular complexity index is 935. The smallest absolute Gasteiger partial charge is 0.387 e. The van der Waals surface area contributed by atoms with Gasteiger partial charge in [0.2, 0.25) is 5.91 Å². The van der Waals surface area contributed by atoms with Gasteiger partial charge in [0.15, 0.2) is 0 Å². The fourth-order valence-electron chi connectivity index (χ4n) is 2.65. The second kappa shape index (κ2) is 8.89. The number of para-hydroxylation sites is 1. The molecule has 0 aliphatic rings. The number of pyridine rings is 1. The average Bonchev–Trinajstić information content (AvgIpc) is 2.67. The van der Waals surface area contributed by atoms with Gasteiger partial charge < -0.3 is 10.1 Å². The van der Waals surface area contributed by atoms with Crippen molar-refractivity contribution in [2.75, 3.05) is 6.54 Å². The number of alkyl halides is 2. The summed E-state index contributed by atoms with van der Waals surface area (Å²) < 4.78 is 28.5. The zero-order valence-corrected chi connectivity index (χ0v) is 14.4. The van der Waals surface area contributed by atoms with Gasteiger partial charge in [0.05, 0.1) is 5.52 Å². The van der Waals surface area contributed by atoms with Crippen LogP contribution in [0.4, 0.5) is 8.78 Å². The number of carbonyl (C=O) groups excluding carboxylic acids is 1. The molecule has 27 heavy (non-hydrogen) atoms. The maximum Gasteiger partial charge on any atom is 0.387 e. The molecule has 1 heterocycles. The molecule has 0 aliphatic carbocycles. The van der Waals surface area contributed by atoms with Crippen LogP contribution < -0.4 is 10.1 Å². The topological polar surface area (TPSA) is 51.2 Å². The van der Waals surface area contributed by atoms with Crippen molar-refractivity contribution in [1.29, 1.82) is 0 Å². The zero-order valence-electron chi connectivity index (χ0n) is 14.4. The van der Waals surface area contributed by atoms with Gasteiger partial charge in [-0.2, -0.15) is 8.78 Å². The molecule has 0 bridgehead atoms. The molecule has 3 aromatic rings. The normalized spacial score (nSPS) is 11.2. The molecule has 0 unspecified atom stereocenters. The summed E-state index contributed by atoms with van der Waals surface area (Å²) in [5.41, 5.74) is 2.63. The van der Waals surface area contributed by atoms with Crippen molar-refractivity contribution in [2.24, 2.45) is 0 Å². The van der Waals surface area contributed by atoms with Crippen molar-refractivity contribution >= 4 is 22.9 Å². The van der Waals surface area contributed by atoms with E-state index in [0.29, 0.717) is 13.0 Å². The molecule has 0 aliphatic heterocycles. The molecule has 3 rings (SSSR count). The number of aromatic nitrogens is 1. The van der Waals surface area contributed by atoms with Crippen molar-refractivity contribution in [2.45, 2.75) is 13.0 Å². The van der Waals surface area contributed by atoms with E-state index >= 15 is 0 Å². The molecule has 0 radical (unpaired) electrons. The molecule has 2 aromatic carbocycles. The molecular formula is C21H18F2N2O2. The van der Waals surface area contributed by atoms with Gasteiger partial charge in [-0.3, -0.25) is 9.78 Å². The first kappa shape index (κ1) is 18.5. The van der Waals surface area contributed by atoms with Crippen molar-refractivity contribution in [3.05, 3.63) is 78.0 Å². The van der Waals surface area contributed by atoms with Gasteiger partial charge in [0.25, 0.3) is 0 Å². The van der Waals surface area contributed by atoms with Gasteiger partial charge in [0.1, 0.15) is 5.75 Å². The molecule has 6 heteroatoms. The molecule has 1 N–H and O–H groups in total. The quantitative estimate of drug-likeness (QED) is 0.636. The summed E-state index contributed by atoms with van der Waals surface area (Å²) in [7, 11) is 0. The van der Waals surface area contributed by atoms with Gasteiger partial charge in [0, 0.05) is 29.8 Å². The van der Waals surface area contributed by atoms with Gasteiger partial charge in [-0.05, 0) is 36.3 Å². The van der Waals surface area contributed by atoms with Crippen LogP contribution in [0.2, 0.25) is 0 Å². The summed E-state index contributed by atoms with van der Waals surface area (Å²) in [5.74, 6) is -0.0926. The number of halogens is 2. The number of hydrogen-bond acceptors (Lipinski definition) is 3. The van der Waals surface area contributed by atoms with E-state index in [0.717, 1.165) is 22.0 Å². The predicted octanol–water partition coefficient (Wildman–Crippen LogP) is 4.21. The molecule has 0 spiro atoms. The first-order valence-electron chi connectivity index (χ1n) is 8.45. The van der Waals surface area contributed by atoms with Crippen LogP contribution >= 0.6 is 0 Å². The minimum Gasteiger partial charge on any atom is -0.435 e. The minimum atomic E-state index is -2.83. The lowest BCUT2D eigenvalue weighted by atomic mass is 10.1. The van der Waals surface area contributed by atoms with Gasteiger partial charge in [-0.25, -0.2) is 0 Å². The number of ether oxygens (including phenoxy) is 1. The summed E-state index contributed by atoms with van der Waals surface area (Å²) in [6.07, 6.45) is 5.52. The van der Waals surface area contributed by atoms with E-state index in [4.69, 9.17) is 0 Å². The Hall–Kier alpha value is -3.28. The molecule has 4 nitrogen and oxygen atoms in total. The Morgan fingerprint density at radius 3 is 2.67 bits per heavy atom. The van der Waals surface area contributed by atoms with Crippen LogP contribution in [0, 0.1) is 0 Å². The second-order valence-electron chi connectivity index (χ2n) is 5.82. The maximum atomic E-state index is 12.1. The highest BCUT2D eigenvalue weighted by molar-refractivity contribution is 5.95. The number of carbonyl (C=O) groups is 1. The van der Waals surface area contributed by atoms with Gasteiger partial charge >= 0.3 is 6.61 Å². The van der Waals surface area contributed by atoms with Crippen molar-refractivity contribution < 1.29 is 18.3 Å². The monoisotopic (exact) mass is 368 g/mol. The van der Waals surface area contributed by atoms with Crippen LogP contribution in [0.3, 0.4) is 0 Å². The third-order valence-electron chi connectivity index (χ3n) is 3.94. The Kier molecular flexibility index (Phi) is 6.10. The van der Waals surface area contributed by atoms with Gasteiger partial charge in [-0.1, -0.05) is 36.4 Å². The number of rotatable bonds is 7. The number of nitrogens with one attached hydrogen (secondary N) is 1. The average molecular weight is 368 g/mol. The number of amides is 1. The molecule has 138 valence electrons. The van der Waals surface area contributed by atoms with Gasteiger partial charge in [-0.15, -0.1) is 0 Å². The summed E-state index contributed by atoms with van der Waals surface area (Å²) in [6.45, 7) is -2.40. The summed E-state index contributed by atoms with van der Waals surface area (Å²) in [5, 5.41) is 3.81. The van der Waals surface area contributed by atoms with Crippen LogP contribution in [-0.4, -0.2) is 24.0 Å². The highest BCUT2D eigenvalue weighted by Gasteiger charge is 2.04. The van der Waals surface area contributed by atoms with E-state index in [1.807, 2.05) is 30.3 Å². The molecule has 0 saturated carbocycles. The summed E-state index contributed by atoms with van der Waals surface area (Å²) in [6, 6.07) is 16.0. The predicted molar refractivity (Wildman–Crippen MR) is 101 cm³/mol. The van der Waals surface area contributed by atoms with E-state index < -0.39 is 6.61 Å².